The molecule has 0 amide bonds. The maximum atomic E-state index is 11.1. The Kier molecular flexibility index (Phi) is 4.50. The number of aryl methyl sites for hydroxylation is 2. The van der Waals surface area contributed by atoms with E-state index in [9.17, 15) is 20.2 Å². The third kappa shape index (κ3) is 3.11. The van der Waals surface area contributed by atoms with Gasteiger partial charge < -0.3 is 0 Å². The minimum absolute atomic E-state index is 0.0660. The molecule has 0 bridgehead atoms. The van der Waals surface area contributed by atoms with Crippen LogP contribution in [0.2, 0.25) is 0 Å². The number of nitro benzene ring substituents is 2. The van der Waals surface area contributed by atoms with Gasteiger partial charge in [0.05, 0.1) is 9.85 Å². The summed E-state index contributed by atoms with van der Waals surface area (Å²) < 4.78 is 0. The van der Waals surface area contributed by atoms with Crippen molar-refractivity contribution in [2.24, 2.45) is 0 Å². The van der Waals surface area contributed by atoms with Crippen molar-refractivity contribution in [1.29, 1.82) is 0 Å². The zero-order valence-corrected chi connectivity index (χ0v) is 12.4. The predicted molar refractivity (Wildman–Crippen MR) is 83.1 cm³/mol. The Labute approximate surface area is 127 Å². The zero-order valence-electron chi connectivity index (χ0n) is 12.4. The Morgan fingerprint density at radius 1 is 0.773 bits per heavy atom. The summed E-state index contributed by atoms with van der Waals surface area (Å²) in [5.74, 6) is 0. The number of rotatable bonds is 5. The van der Waals surface area contributed by atoms with Crippen LogP contribution in [0.4, 0.5) is 11.4 Å². The van der Waals surface area contributed by atoms with E-state index in [1.165, 1.54) is 12.1 Å². The van der Waals surface area contributed by atoms with E-state index in [2.05, 4.69) is 0 Å². The lowest BCUT2D eigenvalue weighted by Gasteiger charge is -2.09. The van der Waals surface area contributed by atoms with Crippen LogP contribution >= 0.6 is 0 Å². The van der Waals surface area contributed by atoms with Gasteiger partial charge in [-0.15, -0.1) is 0 Å². The first-order valence-corrected chi connectivity index (χ1v) is 6.87. The first kappa shape index (κ1) is 15.6. The van der Waals surface area contributed by atoms with Gasteiger partial charge >= 0.3 is 0 Å². The van der Waals surface area contributed by atoms with Gasteiger partial charge in [0.15, 0.2) is 0 Å². The molecular formula is C16H16N2O4. The SMILES string of the molecule is Cc1cccc([N+](=O)[O-])c1CCc1c(C)cccc1[N+](=O)[O-]. The number of nitro groups is 2. The molecule has 0 saturated carbocycles. The van der Waals surface area contributed by atoms with Gasteiger partial charge in [-0.2, -0.15) is 0 Å². The summed E-state index contributed by atoms with van der Waals surface area (Å²) in [7, 11) is 0. The van der Waals surface area contributed by atoms with Crippen LogP contribution in [0.1, 0.15) is 22.3 Å². The maximum Gasteiger partial charge on any atom is 0.272 e. The minimum Gasteiger partial charge on any atom is -0.258 e. The van der Waals surface area contributed by atoms with Crippen molar-refractivity contribution < 1.29 is 9.85 Å². The van der Waals surface area contributed by atoms with E-state index >= 15 is 0 Å². The van der Waals surface area contributed by atoms with Crippen LogP contribution in [0.5, 0.6) is 0 Å². The summed E-state index contributed by atoms with van der Waals surface area (Å²) in [5, 5.41) is 22.2. The lowest BCUT2D eigenvalue weighted by Crippen LogP contribution is -2.03. The molecule has 0 fully saturated rings. The molecule has 2 aromatic rings. The largest absolute Gasteiger partial charge is 0.272 e. The first-order chi connectivity index (χ1) is 10.4. The summed E-state index contributed by atoms with van der Waals surface area (Å²) >= 11 is 0. The smallest absolute Gasteiger partial charge is 0.258 e. The topological polar surface area (TPSA) is 86.3 Å². The molecule has 6 nitrogen and oxygen atoms in total. The van der Waals surface area contributed by atoms with Gasteiger partial charge in [-0.1, -0.05) is 24.3 Å². The van der Waals surface area contributed by atoms with E-state index in [1.54, 1.807) is 12.1 Å². The van der Waals surface area contributed by atoms with Crippen LogP contribution in [-0.2, 0) is 12.8 Å². The van der Waals surface area contributed by atoms with E-state index < -0.39 is 9.85 Å². The summed E-state index contributed by atoms with van der Waals surface area (Å²) in [6, 6.07) is 9.85. The fraction of sp³-hybridized carbons (Fsp3) is 0.250. The van der Waals surface area contributed by atoms with Crippen molar-refractivity contribution in [3.63, 3.8) is 0 Å². The molecule has 114 valence electrons. The molecule has 0 aromatic heterocycles. The second-order valence-corrected chi connectivity index (χ2v) is 5.16. The van der Waals surface area contributed by atoms with Crippen molar-refractivity contribution >= 4 is 11.4 Å². The molecule has 0 aliphatic rings. The van der Waals surface area contributed by atoms with Crippen molar-refractivity contribution in [2.45, 2.75) is 26.7 Å². The summed E-state index contributed by atoms with van der Waals surface area (Å²) in [4.78, 5) is 21.4. The third-order valence-corrected chi connectivity index (χ3v) is 3.79. The lowest BCUT2D eigenvalue weighted by atomic mass is 9.96. The molecule has 0 radical (unpaired) electrons. The standard InChI is InChI=1S/C16H16N2O4/c1-11-5-3-7-15(17(19)20)13(11)9-10-14-12(2)6-4-8-16(14)18(21)22/h3-8H,9-10H2,1-2H3. The Bertz CT molecular complexity index is 677. The van der Waals surface area contributed by atoms with Crippen LogP contribution in [0, 0.1) is 34.1 Å². The van der Waals surface area contributed by atoms with Crippen molar-refractivity contribution in [3.8, 4) is 0 Å². The van der Waals surface area contributed by atoms with Gasteiger partial charge in [0, 0.05) is 23.3 Å². The van der Waals surface area contributed by atoms with Crippen LogP contribution in [0.3, 0.4) is 0 Å². The maximum absolute atomic E-state index is 11.1. The Morgan fingerprint density at radius 2 is 1.14 bits per heavy atom. The molecule has 2 aromatic carbocycles. The Morgan fingerprint density at radius 3 is 1.45 bits per heavy atom. The van der Waals surface area contributed by atoms with Gasteiger partial charge in [0.2, 0.25) is 0 Å². The Hall–Kier alpha value is -2.76. The second-order valence-electron chi connectivity index (χ2n) is 5.16. The Balaban J connectivity index is 2.36. The second kappa shape index (κ2) is 6.34. The van der Waals surface area contributed by atoms with E-state index in [-0.39, 0.29) is 11.4 Å². The fourth-order valence-corrected chi connectivity index (χ4v) is 2.62. The normalized spacial score (nSPS) is 10.5. The average Bonchev–Trinajstić information content (AvgIpc) is 2.46. The molecule has 0 spiro atoms. The van der Waals surface area contributed by atoms with Gasteiger partial charge in [-0.3, -0.25) is 20.2 Å². The van der Waals surface area contributed by atoms with Crippen molar-refractivity contribution in [3.05, 3.63) is 78.9 Å². The van der Waals surface area contributed by atoms with Crippen LogP contribution in [-0.4, -0.2) is 9.85 Å². The molecule has 6 heteroatoms. The highest BCUT2D eigenvalue weighted by Crippen LogP contribution is 2.27. The zero-order chi connectivity index (χ0) is 16.3. The number of nitrogens with zero attached hydrogens (tertiary/aromatic N) is 2. The molecule has 0 heterocycles. The molecular weight excluding hydrogens is 284 g/mol. The first-order valence-electron chi connectivity index (χ1n) is 6.87. The summed E-state index contributed by atoms with van der Waals surface area (Å²) in [5.41, 5.74) is 3.04. The van der Waals surface area contributed by atoms with Gasteiger partial charge in [0.1, 0.15) is 0 Å². The lowest BCUT2D eigenvalue weighted by molar-refractivity contribution is -0.386. The monoisotopic (exact) mass is 300 g/mol. The van der Waals surface area contributed by atoms with E-state index in [4.69, 9.17) is 0 Å². The van der Waals surface area contributed by atoms with Crippen LogP contribution < -0.4 is 0 Å². The van der Waals surface area contributed by atoms with E-state index in [0.29, 0.717) is 24.0 Å². The van der Waals surface area contributed by atoms with Gasteiger partial charge in [-0.25, -0.2) is 0 Å². The highest BCUT2D eigenvalue weighted by atomic mass is 16.6. The third-order valence-electron chi connectivity index (χ3n) is 3.79. The molecule has 0 N–H and O–H groups in total. The quantitative estimate of drug-likeness (QED) is 0.619. The van der Waals surface area contributed by atoms with E-state index in [0.717, 1.165) is 11.1 Å². The summed E-state index contributed by atoms with van der Waals surface area (Å²) in [6.45, 7) is 3.63. The van der Waals surface area contributed by atoms with Crippen LogP contribution in [0.15, 0.2) is 36.4 Å². The predicted octanol–water partition coefficient (Wildman–Crippen LogP) is 3.91. The molecule has 0 aliphatic carbocycles. The number of hydrogen-bond donors (Lipinski definition) is 0. The molecule has 0 saturated heterocycles. The highest BCUT2D eigenvalue weighted by Gasteiger charge is 2.19. The highest BCUT2D eigenvalue weighted by molar-refractivity contribution is 5.48. The van der Waals surface area contributed by atoms with Crippen molar-refractivity contribution in [1.82, 2.24) is 0 Å². The molecule has 22 heavy (non-hydrogen) atoms. The minimum atomic E-state index is -0.408. The number of benzene rings is 2. The van der Waals surface area contributed by atoms with Crippen LogP contribution in [0.25, 0.3) is 0 Å². The van der Waals surface area contributed by atoms with Gasteiger partial charge in [0.25, 0.3) is 11.4 Å². The molecule has 0 unspecified atom stereocenters. The number of hydrogen-bond acceptors (Lipinski definition) is 4. The average molecular weight is 300 g/mol. The molecule has 2 rings (SSSR count). The van der Waals surface area contributed by atoms with Gasteiger partial charge in [-0.05, 0) is 37.8 Å². The van der Waals surface area contributed by atoms with E-state index in [1.807, 2.05) is 26.0 Å². The fourth-order valence-electron chi connectivity index (χ4n) is 2.62. The summed E-state index contributed by atoms with van der Waals surface area (Å²) in [6.07, 6.45) is 0.795. The molecule has 0 atom stereocenters. The van der Waals surface area contributed by atoms with Crippen molar-refractivity contribution in [2.75, 3.05) is 0 Å². The molecule has 0 aliphatic heterocycles.